The largest absolute Gasteiger partial charge is 0.389 e. The Balaban J connectivity index is 2.89. The molecule has 0 bridgehead atoms. The highest BCUT2D eigenvalue weighted by molar-refractivity contribution is 5.27. The fourth-order valence-corrected chi connectivity index (χ4v) is 1.57. The lowest BCUT2D eigenvalue weighted by Gasteiger charge is -2.16. The third-order valence-corrected chi connectivity index (χ3v) is 2.63. The van der Waals surface area contributed by atoms with Crippen molar-refractivity contribution in [3.8, 4) is 6.07 Å². The zero-order valence-corrected chi connectivity index (χ0v) is 10.1. The summed E-state index contributed by atoms with van der Waals surface area (Å²) in [5.41, 5.74) is -2.14. The second-order valence-corrected chi connectivity index (χ2v) is 4.17. The van der Waals surface area contributed by atoms with Crippen molar-refractivity contribution in [1.82, 2.24) is 4.57 Å². The molecule has 0 saturated heterocycles. The van der Waals surface area contributed by atoms with Gasteiger partial charge < -0.3 is 4.57 Å². The predicted molar refractivity (Wildman–Crippen MR) is 61.3 cm³/mol. The molecule has 0 amide bonds. The first-order valence-electron chi connectivity index (χ1n) is 5.38. The second kappa shape index (κ2) is 5.61. The summed E-state index contributed by atoms with van der Waals surface area (Å²) in [5, 5.41) is 19.5. The average molecular weight is 286 g/mol. The first-order chi connectivity index (χ1) is 9.21. The Morgan fingerprint density at radius 2 is 2.15 bits per heavy atom. The van der Waals surface area contributed by atoms with Crippen LogP contribution in [0.25, 0.3) is 4.85 Å². The minimum atomic E-state index is -4.46. The van der Waals surface area contributed by atoms with Gasteiger partial charge in [0.25, 0.3) is 5.69 Å². The Morgan fingerprint density at radius 1 is 1.50 bits per heavy atom. The van der Waals surface area contributed by atoms with Gasteiger partial charge in [-0.05, 0) is 0 Å². The van der Waals surface area contributed by atoms with Crippen molar-refractivity contribution in [2.75, 3.05) is 0 Å². The molecule has 0 fully saturated rings. The van der Waals surface area contributed by atoms with Crippen LogP contribution in [0.5, 0.6) is 0 Å². The normalized spacial score (nSPS) is 14.1. The molecule has 0 N–H and O–H groups in total. The number of rotatable bonds is 5. The topological polar surface area (TPSA) is 76.2 Å². The van der Waals surface area contributed by atoms with Gasteiger partial charge in [0.2, 0.25) is 0 Å². The molecule has 1 aromatic rings. The Morgan fingerprint density at radius 3 is 2.55 bits per heavy atom. The highest BCUT2D eigenvalue weighted by Crippen LogP contribution is 2.29. The van der Waals surface area contributed by atoms with Crippen LogP contribution in [0.15, 0.2) is 18.5 Å². The van der Waals surface area contributed by atoms with E-state index in [1.807, 2.05) is 0 Å². The molecule has 0 saturated carbocycles. The van der Waals surface area contributed by atoms with E-state index in [1.165, 1.54) is 10.8 Å². The molecule has 1 heterocycles. The number of halogens is 3. The molecule has 106 valence electrons. The maximum absolute atomic E-state index is 12.2. The second-order valence-electron chi connectivity index (χ2n) is 4.17. The van der Waals surface area contributed by atoms with Crippen molar-refractivity contribution >= 4 is 5.69 Å². The van der Waals surface area contributed by atoms with Gasteiger partial charge in [0.1, 0.15) is 6.54 Å². The lowest BCUT2D eigenvalue weighted by molar-refractivity contribution is -0.384. The first kappa shape index (κ1) is 15.5. The standard InChI is InChI=1S/C11H9F3N4O2/c1-16-10(7-15,3-4-11(12,13)14)8-17-5-2-9(6-17)18(19)20/h2,5-6H,3-4,8H2. The Hall–Kier alpha value is -2.55. The Bertz CT molecular complexity index is 566. The van der Waals surface area contributed by atoms with Crippen molar-refractivity contribution in [1.29, 1.82) is 5.26 Å². The molecular weight excluding hydrogens is 277 g/mol. The van der Waals surface area contributed by atoms with Crippen LogP contribution in [0.2, 0.25) is 0 Å². The van der Waals surface area contributed by atoms with Crippen LogP contribution in [0.3, 0.4) is 0 Å². The highest BCUT2D eigenvalue weighted by Gasteiger charge is 2.42. The van der Waals surface area contributed by atoms with E-state index >= 15 is 0 Å². The predicted octanol–water partition coefficient (Wildman–Crippen LogP) is 2.92. The fourth-order valence-electron chi connectivity index (χ4n) is 1.57. The lowest BCUT2D eigenvalue weighted by atomic mass is 9.96. The molecule has 0 aliphatic carbocycles. The molecule has 0 aliphatic rings. The monoisotopic (exact) mass is 286 g/mol. The van der Waals surface area contributed by atoms with E-state index in [0.717, 1.165) is 12.3 Å². The summed E-state index contributed by atoms with van der Waals surface area (Å²) in [7, 11) is 0. The van der Waals surface area contributed by atoms with Crippen LogP contribution >= 0.6 is 0 Å². The van der Waals surface area contributed by atoms with Crippen molar-refractivity contribution in [2.24, 2.45) is 0 Å². The zero-order chi connectivity index (χ0) is 15.4. The zero-order valence-electron chi connectivity index (χ0n) is 10.1. The van der Waals surface area contributed by atoms with Crippen LogP contribution in [0, 0.1) is 28.0 Å². The smallest absolute Gasteiger partial charge is 0.339 e. The summed E-state index contributed by atoms with van der Waals surface area (Å²) >= 11 is 0. The number of nitriles is 1. The van der Waals surface area contributed by atoms with E-state index < -0.39 is 29.5 Å². The summed E-state index contributed by atoms with van der Waals surface area (Å²) < 4.78 is 37.8. The van der Waals surface area contributed by atoms with Gasteiger partial charge in [0.05, 0.1) is 24.0 Å². The summed E-state index contributed by atoms with van der Waals surface area (Å²) in [6.45, 7) is 6.59. The van der Waals surface area contributed by atoms with Crippen LogP contribution in [0.4, 0.5) is 18.9 Å². The molecule has 0 spiro atoms. The van der Waals surface area contributed by atoms with Gasteiger partial charge in [-0.25, -0.2) is 6.57 Å². The number of aromatic nitrogens is 1. The molecule has 1 atom stereocenters. The quantitative estimate of drug-likeness (QED) is 0.474. The SMILES string of the molecule is [C-]#[N+]C(C#N)(CCC(F)(F)F)Cn1ccc([N+](=O)[O-])c1. The summed E-state index contributed by atoms with van der Waals surface area (Å²) in [6.07, 6.45) is -4.07. The third-order valence-electron chi connectivity index (χ3n) is 2.63. The van der Waals surface area contributed by atoms with Crippen molar-refractivity contribution in [3.05, 3.63) is 40.0 Å². The van der Waals surface area contributed by atoms with E-state index in [4.69, 9.17) is 11.8 Å². The van der Waals surface area contributed by atoms with Crippen molar-refractivity contribution in [2.45, 2.75) is 31.1 Å². The Labute approximate surface area is 112 Å². The van der Waals surface area contributed by atoms with Gasteiger partial charge in [-0.3, -0.25) is 15.0 Å². The number of nitro groups is 1. The van der Waals surface area contributed by atoms with Crippen LogP contribution < -0.4 is 0 Å². The molecule has 1 unspecified atom stereocenters. The average Bonchev–Trinajstić information content (AvgIpc) is 2.82. The summed E-state index contributed by atoms with van der Waals surface area (Å²) in [6, 6.07) is 2.73. The molecule has 0 radical (unpaired) electrons. The molecular formula is C11H9F3N4O2. The molecule has 6 nitrogen and oxygen atoms in total. The van der Waals surface area contributed by atoms with E-state index in [1.54, 1.807) is 6.07 Å². The van der Waals surface area contributed by atoms with Crippen molar-refractivity contribution < 1.29 is 18.1 Å². The number of nitrogens with zero attached hydrogens (tertiary/aromatic N) is 4. The van der Waals surface area contributed by atoms with Gasteiger partial charge in [-0.1, -0.05) is 0 Å². The number of hydrogen-bond acceptors (Lipinski definition) is 3. The minimum Gasteiger partial charge on any atom is -0.339 e. The first-order valence-corrected chi connectivity index (χ1v) is 5.38. The van der Waals surface area contributed by atoms with Crippen LogP contribution in [-0.4, -0.2) is 21.2 Å². The van der Waals surface area contributed by atoms with Gasteiger partial charge in [-0.15, -0.1) is 0 Å². The van der Waals surface area contributed by atoms with Gasteiger partial charge in [0.15, 0.2) is 6.07 Å². The molecule has 20 heavy (non-hydrogen) atoms. The summed E-state index contributed by atoms with van der Waals surface area (Å²) in [5.74, 6) is 0. The number of hydrogen-bond donors (Lipinski definition) is 0. The van der Waals surface area contributed by atoms with E-state index in [-0.39, 0.29) is 12.2 Å². The molecule has 1 rings (SSSR count). The van der Waals surface area contributed by atoms with E-state index in [0.29, 0.717) is 0 Å². The van der Waals surface area contributed by atoms with Gasteiger partial charge >= 0.3 is 11.7 Å². The molecule has 0 aromatic carbocycles. The maximum Gasteiger partial charge on any atom is 0.389 e. The highest BCUT2D eigenvalue weighted by atomic mass is 19.4. The summed E-state index contributed by atoms with van der Waals surface area (Å²) in [4.78, 5) is 12.8. The lowest BCUT2D eigenvalue weighted by Crippen LogP contribution is -2.30. The maximum atomic E-state index is 12.2. The van der Waals surface area contributed by atoms with E-state index in [9.17, 15) is 23.3 Å². The van der Waals surface area contributed by atoms with Crippen molar-refractivity contribution in [3.63, 3.8) is 0 Å². The Kier molecular flexibility index (Phi) is 4.35. The molecule has 1 aromatic heterocycles. The fraction of sp³-hybridized carbons (Fsp3) is 0.455. The van der Waals surface area contributed by atoms with Crippen LogP contribution in [0.1, 0.15) is 12.8 Å². The minimum absolute atomic E-state index is 0.252. The van der Waals surface area contributed by atoms with E-state index in [2.05, 4.69) is 4.85 Å². The van der Waals surface area contributed by atoms with Crippen LogP contribution in [-0.2, 0) is 6.54 Å². The number of alkyl halides is 3. The molecule has 0 aliphatic heterocycles. The molecule has 9 heteroatoms. The van der Waals surface area contributed by atoms with Gasteiger partial charge in [0, 0.05) is 12.3 Å². The third kappa shape index (κ3) is 3.99. The van der Waals surface area contributed by atoms with Gasteiger partial charge in [-0.2, -0.15) is 18.4 Å².